The van der Waals surface area contributed by atoms with Crippen LogP contribution in [0, 0.1) is 5.92 Å². The quantitative estimate of drug-likeness (QED) is 0.854. The molecule has 1 fully saturated rings. The van der Waals surface area contributed by atoms with E-state index in [1.54, 1.807) is 0 Å². The van der Waals surface area contributed by atoms with E-state index in [0.717, 1.165) is 19.3 Å². The second kappa shape index (κ2) is 6.20. The largest absolute Gasteiger partial charge is 0.352 e. The van der Waals surface area contributed by atoms with Gasteiger partial charge in [-0.3, -0.25) is 4.79 Å². The van der Waals surface area contributed by atoms with Gasteiger partial charge < -0.3 is 11.1 Å². The molecule has 1 saturated carbocycles. The van der Waals surface area contributed by atoms with Gasteiger partial charge in [0.25, 0.3) is 0 Å². The van der Waals surface area contributed by atoms with Crippen molar-refractivity contribution in [2.24, 2.45) is 11.7 Å². The summed E-state index contributed by atoms with van der Waals surface area (Å²) in [5.74, 6) is 1.05. The monoisotopic (exact) mass is 260 g/mol. The number of hydrogen-bond donors (Lipinski definition) is 2. The van der Waals surface area contributed by atoms with Gasteiger partial charge in [-0.25, -0.2) is 0 Å². The molecule has 3 nitrogen and oxygen atoms in total. The Bertz CT molecular complexity index is 410. The summed E-state index contributed by atoms with van der Waals surface area (Å²) in [5, 5.41) is 3.06. The van der Waals surface area contributed by atoms with Crippen molar-refractivity contribution in [1.29, 1.82) is 0 Å². The Kier molecular flexibility index (Phi) is 4.59. The van der Waals surface area contributed by atoms with Crippen LogP contribution in [0.4, 0.5) is 0 Å². The summed E-state index contributed by atoms with van der Waals surface area (Å²) in [5.41, 5.74) is 7.25. The summed E-state index contributed by atoms with van der Waals surface area (Å²) in [6.45, 7) is 4.17. The van der Waals surface area contributed by atoms with Crippen LogP contribution in [0.15, 0.2) is 30.3 Å². The lowest BCUT2D eigenvalue weighted by Gasteiger charge is -2.36. The summed E-state index contributed by atoms with van der Waals surface area (Å²) in [4.78, 5) is 11.9. The molecule has 0 bridgehead atoms. The van der Waals surface area contributed by atoms with Crippen LogP contribution in [0.3, 0.4) is 0 Å². The van der Waals surface area contributed by atoms with Gasteiger partial charge in [0, 0.05) is 6.04 Å². The van der Waals surface area contributed by atoms with Crippen molar-refractivity contribution in [3.63, 3.8) is 0 Å². The van der Waals surface area contributed by atoms with Gasteiger partial charge in [-0.05, 0) is 36.7 Å². The number of rotatable bonds is 5. The molecule has 104 valence electrons. The van der Waals surface area contributed by atoms with E-state index in [4.69, 9.17) is 5.73 Å². The Hall–Kier alpha value is -1.35. The number of benzene rings is 1. The average Bonchev–Trinajstić information content (AvgIpc) is 2.33. The minimum Gasteiger partial charge on any atom is -0.352 e. The van der Waals surface area contributed by atoms with Crippen LogP contribution in [-0.4, -0.2) is 18.0 Å². The highest BCUT2D eigenvalue weighted by Gasteiger charge is 2.32. The first-order valence-electron chi connectivity index (χ1n) is 7.17. The van der Waals surface area contributed by atoms with Gasteiger partial charge in [-0.15, -0.1) is 0 Å². The van der Waals surface area contributed by atoms with Crippen LogP contribution in [0.1, 0.15) is 44.6 Å². The number of hydrogen-bond acceptors (Lipinski definition) is 2. The van der Waals surface area contributed by atoms with Crippen molar-refractivity contribution in [3.05, 3.63) is 35.9 Å². The zero-order valence-electron chi connectivity index (χ0n) is 11.8. The third-order valence-corrected chi connectivity index (χ3v) is 3.82. The summed E-state index contributed by atoms with van der Waals surface area (Å²) < 4.78 is 0. The standard InChI is InChI=1S/C16H24N2O/c1-11(2)8-15(17)16(19)18-14-9-13(10-14)12-6-4-3-5-7-12/h3-7,11,13-15H,8-10,17H2,1-2H3,(H,18,19)/t13?,14?,15-/m0/s1. The SMILES string of the molecule is CC(C)C[C@H](N)C(=O)NC1CC(c2ccccc2)C1. The second-order valence-corrected chi connectivity index (χ2v) is 6.02. The van der Waals surface area contributed by atoms with Crippen LogP contribution in [0.5, 0.6) is 0 Å². The minimum atomic E-state index is -0.365. The average molecular weight is 260 g/mol. The molecule has 3 N–H and O–H groups in total. The number of carbonyl (C=O) groups excluding carboxylic acids is 1. The van der Waals surface area contributed by atoms with Crippen LogP contribution in [0.25, 0.3) is 0 Å². The van der Waals surface area contributed by atoms with E-state index in [-0.39, 0.29) is 11.9 Å². The zero-order chi connectivity index (χ0) is 13.8. The molecular formula is C16H24N2O. The van der Waals surface area contributed by atoms with Gasteiger partial charge in [0.05, 0.1) is 6.04 Å². The first kappa shape index (κ1) is 14.1. The molecular weight excluding hydrogens is 236 g/mol. The van der Waals surface area contributed by atoms with E-state index in [1.165, 1.54) is 5.56 Å². The predicted octanol–water partition coefficient (Wildman–Crippen LogP) is 2.42. The Labute approximate surface area is 115 Å². The summed E-state index contributed by atoms with van der Waals surface area (Å²) in [6, 6.07) is 10.4. The van der Waals surface area contributed by atoms with Gasteiger partial charge in [-0.1, -0.05) is 44.2 Å². The molecule has 1 atom stereocenters. The number of carbonyl (C=O) groups is 1. The number of nitrogens with two attached hydrogens (primary N) is 1. The highest BCUT2D eigenvalue weighted by molar-refractivity contribution is 5.81. The van der Waals surface area contributed by atoms with Crippen molar-refractivity contribution in [1.82, 2.24) is 5.32 Å². The van der Waals surface area contributed by atoms with Crippen LogP contribution < -0.4 is 11.1 Å². The molecule has 1 aliphatic rings. The molecule has 0 aliphatic heterocycles. The Morgan fingerprint density at radius 3 is 2.53 bits per heavy atom. The lowest BCUT2D eigenvalue weighted by atomic mass is 9.76. The van der Waals surface area contributed by atoms with E-state index in [2.05, 4.69) is 43.4 Å². The molecule has 0 radical (unpaired) electrons. The third-order valence-electron chi connectivity index (χ3n) is 3.82. The maximum absolute atomic E-state index is 11.9. The summed E-state index contributed by atoms with van der Waals surface area (Å²) in [6.07, 6.45) is 2.81. The van der Waals surface area contributed by atoms with E-state index in [9.17, 15) is 4.79 Å². The van der Waals surface area contributed by atoms with E-state index in [0.29, 0.717) is 17.9 Å². The molecule has 0 spiro atoms. The normalized spacial score (nSPS) is 23.8. The highest BCUT2D eigenvalue weighted by Crippen LogP contribution is 2.36. The van der Waals surface area contributed by atoms with Gasteiger partial charge in [0.15, 0.2) is 0 Å². The fourth-order valence-electron chi connectivity index (χ4n) is 2.66. The van der Waals surface area contributed by atoms with Crippen LogP contribution >= 0.6 is 0 Å². The van der Waals surface area contributed by atoms with Gasteiger partial charge >= 0.3 is 0 Å². The van der Waals surface area contributed by atoms with Crippen molar-refractivity contribution in [3.8, 4) is 0 Å². The number of nitrogens with one attached hydrogen (secondary N) is 1. The summed E-state index contributed by atoms with van der Waals surface area (Å²) in [7, 11) is 0. The van der Waals surface area contributed by atoms with Crippen molar-refractivity contribution >= 4 is 5.91 Å². The topological polar surface area (TPSA) is 55.1 Å². The molecule has 1 aromatic rings. The van der Waals surface area contributed by atoms with Crippen molar-refractivity contribution < 1.29 is 4.79 Å². The smallest absolute Gasteiger partial charge is 0.237 e. The molecule has 2 rings (SSSR count). The molecule has 1 aliphatic carbocycles. The van der Waals surface area contributed by atoms with E-state index >= 15 is 0 Å². The highest BCUT2D eigenvalue weighted by atomic mass is 16.2. The van der Waals surface area contributed by atoms with Crippen LogP contribution in [-0.2, 0) is 4.79 Å². The Morgan fingerprint density at radius 1 is 1.32 bits per heavy atom. The zero-order valence-corrected chi connectivity index (χ0v) is 11.8. The fourth-order valence-corrected chi connectivity index (χ4v) is 2.66. The van der Waals surface area contributed by atoms with E-state index in [1.807, 2.05) is 6.07 Å². The first-order valence-corrected chi connectivity index (χ1v) is 7.17. The molecule has 1 amide bonds. The molecule has 1 aromatic carbocycles. The molecule has 19 heavy (non-hydrogen) atoms. The minimum absolute atomic E-state index is 0.00483. The van der Waals surface area contributed by atoms with Gasteiger partial charge in [0.2, 0.25) is 5.91 Å². The molecule has 0 heterocycles. The van der Waals surface area contributed by atoms with Crippen LogP contribution in [0.2, 0.25) is 0 Å². The fraction of sp³-hybridized carbons (Fsp3) is 0.562. The Balaban J connectivity index is 1.74. The third kappa shape index (κ3) is 3.80. The van der Waals surface area contributed by atoms with E-state index < -0.39 is 0 Å². The second-order valence-electron chi connectivity index (χ2n) is 6.02. The molecule has 0 aromatic heterocycles. The maximum Gasteiger partial charge on any atom is 0.237 e. The lowest BCUT2D eigenvalue weighted by Crippen LogP contribution is -2.50. The molecule has 0 unspecified atom stereocenters. The van der Waals surface area contributed by atoms with Crippen molar-refractivity contribution in [2.45, 2.75) is 51.1 Å². The molecule has 0 saturated heterocycles. The maximum atomic E-state index is 11.9. The predicted molar refractivity (Wildman–Crippen MR) is 77.8 cm³/mol. The lowest BCUT2D eigenvalue weighted by molar-refractivity contribution is -0.124. The van der Waals surface area contributed by atoms with Gasteiger partial charge in [0.1, 0.15) is 0 Å². The number of amides is 1. The van der Waals surface area contributed by atoms with Gasteiger partial charge in [-0.2, -0.15) is 0 Å². The first-order chi connectivity index (χ1) is 9.06. The Morgan fingerprint density at radius 2 is 1.95 bits per heavy atom. The summed E-state index contributed by atoms with van der Waals surface area (Å²) >= 11 is 0. The molecule has 3 heteroatoms. The van der Waals surface area contributed by atoms with Crippen molar-refractivity contribution in [2.75, 3.05) is 0 Å².